The van der Waals surface area contributed by atoms with Crippen molar-refractivity contribution < 1.29 is 0 Å². The molecule has 0 amide bonds. The summed E-state index contributed by atoms with van der Waals surface area (Å²) in [5.41, 5.74) is 15.9. The van der Waals surface area contributed by atoms with Crippen LogP contribution in [-0.4, -0.2) is 4.57 Å². The van der Waals surface area contributed by atoms with Crippen LogP contribution in [0.4, 0.5) is 0 Å². The maximum Gasteiger partial charge on any atom is 0.0713 e. The minimum absolute atomic E-state index is 0.464. The number of aromatic nitrogens is 1. The molecule has 1 aromatic heterocycles. The largest absolute Gasteiger partial charge is 0.309 e. The molecule has 11 aromatic rings. The molecule has 1 nitrogen and oxygen atoms in total. The fourth-order valence-electron chi connectivity index (χ4n) is 10.3. The Hall–Kier alpha value is -7.57. The van der Waals surface area contributed by atoms with Crippen LogP contribution in [0.25, 0.3) is 60.9 Å². The van der Waals surface area contributed by atoms with Crippen LogP contribution in [0, 0.1) is 0 Å². The predicted octanol–water partition coefficient (Wildman–Crippen LogP) is 14.2. The van der Waals surface area contributed by atoms with E-state index in [0.29, 0.717) is 0 Å². The zero-order chi connectivity index (χ0) is 41.7. The maximum absolute atomic E-state index is 2.55. The Labute approximate surface area is 370 Å². The quantitative estimate of drug-likeness (QED) is 0.135. The maximum atomic E-state index is 2.55. The van der Waals surface area contributed by atoms with E-state index in [1.165, 1.54) is 99.0 Å². The lowest BCUT2D eigenvalue weighted by Gasteiger charge is -2.34. The molecular weight excluding hydrogens is 778 g/mol. The molecule has 0 aliphatic heterocycles. The van der Waals surface area contributed by atoms with Gasteiger partial charge >= 0.3 is 0 Å². The molecule has 2 heteroatoms. The molecule has 10 aromatic carbocycles. The standard InChI is InChI=1S/C61H42NP/c1-5-17-43(18-6-1)44-29-34-50(35-30-44)63(51-36-31-45(32-37-51)46-33-40-60-56(41-46)55-26-14-16-28-59(55)62(60)49-23-11-4-12-24-49)52-38-39-54-53-25-13-15-27-57(53)61(58(54)42-52,47-19-7-2-8-20-47)48-21-9-3-10-22-48/h1-42H. The average molecular weight is 820 g/mol. The number of hydrogen-bond acceptors (Lipinski definition) is 0. The van der Waals surface area contributed by atoms with Gasteiger partial charge in [0.1, 0.15) is 0 Å². The Morgan fingerprint density at radius 1 is 0.302 bits per heavy atom. The van der Waals surface area contributed by atoms with Gasteiger partial charge in [-0.2, -0.15) is 0 Å². The van der Waals surface area contributed by atoms with Crippen LogP contribution < -0.4 is 15.9 Å². The first kappa shape index (κ1) is 37.2. The van der Waals surface area contributed by atoms with Crippen molar-refractivity contribution in [3.05, 3.63) is 277 Å². The minimum atomic E-state index is -0.948. The lowest BCUT2D eigenvalue weighted by atomic mass is 9.68. The van der Waals surface area contributed by atoms with Crippen molar-refractivity contribution in [2.45, 2.75) is 5.41 Å². The molecule has 296 valence electrons. The van der Waals surface area contributed by atoms with E-state index in [-0.39, 0.29) is 0 Å². The molecule has 63 heavy (non-hydrogen) atoms. The van der Waals surface area contributed by atoms with E-state index >= 15 is 0 Å². The van der Waals surface area contributed by atoms with E-state index < -0.39 is 13.3 Å². The van der Waals surface area contributed by atoms with Crippen molar-refractivity contribution in [3.8, 4) is 39.1 Å². The van der Waals surface area contributed by atoms with Gasteiger partial charge in [0.2, 0.25) is 0 Å². The third-order valence-electron chi connectivity index (χ3n) is 13.1. The van der Waals surface area contributed by atoms with E-state index in [1.807, 2.05) is 0 Å². The summed E-state index contributed by atoms with van der Waals surface area (Å²) in [4.78, 5) is 0. The Bertz CT molecular complexity index is 3370. The first-order valence-corrected chi connectivity index (χ1v) is 23.1. The second-order valence-corrected chi connectivity index (χ2v) is 18.7. The SMILES string of the molecule is c1ccc(-c2ccc(P(c3ccc(-c4ccc5c(c4)c4ccccc4n5-c4ccccc4)cc3)c3ccc4c(c3)C(c3ccccc3)(c3ccccc3)c3ccccc3-4)cc2)cc1. The lowest BCUT2D eigenvalue weighted by molar-refractivity contribution is 0.769. The van der Waals surface area contributed by atoms with Crippen LogP contribution in [0.15, 0.2) is 255 Å². The Kier molecular flexibility index (Phi) is 9.10. The lowest BCUT2D eigenvalue weighted by Crippen LogP contribution is -2.30. The van der Waals surface area contributed by atoms with Gasteiger partial charge in [0.25, 0.3) is 0 Å². The normalized spacial score (nSPS) is 13.1. The highest BCUT2D eigenvalue weighted by molar-refractivity contribution is 7.79. The monoisotopic (exact) mass is 819 g/mol. The molecule has 12 rings (SSSR count). The molecule has 0 N–H and O–H groups in total. The molecule has 0 radical (unpaired) electrons. The highest BCUT2D eigenvalue weighted by atomic mass is 31.1. The zero-order valence-electron chi connectivity index (χ0n) is 34.6. The summed E-state index contributed by atoms with van der Waals surface area (Å²) in [6, 6.07) is 94.5. The van der Waals surface area contributed by atoms with Crippen LogP contribution in [0.5, 0.6) is 0 Å². The van der Waals surface area contributed by atoms with Crippen LogP contribution in [-0.2, 0) is 5.41 Å². The summed E-state index contributed by atoms with van der Waals surface area (Å²) in [5.74, 6) is 0. The molecule has 0 saturated carbocycles. The summed E-state index contributed by atoms with van der Waals surface area (Å²) in [6.45, 7) is 0. The smallest absolute Gasteiger partial charge is 0.0713 e. The molecule has 0 saturated heterocycles. The van der Waals surface area contributed by atoms with Crippen molar-refractivity contribution in [1.29, 1.82) is 0 Å². The third-order valence-corrected chi connectivity index (χ3v) is 15.5. The van der Waals surface area contributed by atoms with Gasteiger partial charge in [0.05, 0.1) is 16.4 Å². The number of rotatable bonds is 8. The Morgan fingerprint density at radius 3 is 1.44 bits per heavy atom. The first-order valence-electron chi connectivity index (χ1n) is 21.8. The van der Waals surface area contributed by atoms with Crippen molar-refractivity contribution in [1.82, 2.24) is 4.57 Å². The van der Waals surface area contributed by atoms with Crippen molar-refractivity contribution in [3.63, 3.8) is 0 Å². The van der Waals surface area contributed by atoms with E-state index in [0.717, 1.165) is 0 Å². The minimum Gasteiger partial charge on any atom is -0.309 e. The van der Waals surface area contributed by atoms with Gasteiger partial charge in [-0.1, -0.05) is 218 Å². The summed E-state index contributed by atoms with van der Waals surface area (Å²) in [6.07, 6.45) is 0. The van der Waals surface area contributed by atoms with Crippen molar-refractivity contribution in [2.75, 3.05) is 0 Å². The van der Waals surface area contributed by atoms with Gasteiger partial charge in [-0.25, -0.2) is 0 Å². The van der Waals surface area contributed by atoms with Crippen LogP contribution in [0.3, 0.4) is 0 Å². The van der Waals surface area contributed by atoms with Gasteiger partial charge < -0.3 is 4.57 Å². The molecule has 1 atom stereocenters. The summed E-state index contributed by atoms with van der Waals surface area (Å²) >= 11 is 0. The number of para-hydroxylation sites is 2. The van der Waals surface area contributed by atoms with Gasteiger partial charge in [0, 0.05) is 16.5 Å². The van der Waals surface area contributed by atoms with Crippen LogP contribution in [0.1, 0.15) is 22.3 Å². The molecular formula is C61H42NP. The highest BCUT2D eigenvalue weighted by Gasteiger charge is 2.46. The Morgan fingerprint density at radius 2 is 0.778 bits per heavy atom. The summed E-state index contributed by atoms with van der Waals surface area (Å²) in [5, 5.41) is 6.51. The van der Waals surface area contributed by atoms with E-state index in [2.05, 4.69) is 259 Å². The topological polar surface area (TPSA) is 4.93 Å². The number of fused-ring (bicyclic) bond motifs is 6. The number of nitrogens with zero attached hydrogens (tertiary/aromatic N) is 1. The molecule has 1 aliphatic carbocycles. The number of benzene rings is 10. The molecule has 0 fully saturated rings. The van der Waals surface area contributed by atoms with Crippen molar-refractivity contribution in [2.24, 2.45) is 0 Å². The second-order valence-electron chi connectivity index (χ2n) is 16.5. The highest BCUT2D eigenvalue weighted by Crippen LogP contribution is 2.56. The number of hydrogen-bond donors (Lipinski definition) is 0. The van der Waals surface area contributed by atoms with Crippen molar-refractivity contribution >= 4 is 45.6 Å². The van der Waals surface area contributed by atoms with Gasteiger partial charge in [-0.05, 0) is 116 Å². The first-order chi connectivity index (χ1) is 31.3. The summed E-state index contributed by atoms with van der Waals surface area (Å²) in [7, 11) is -0.948. The average Bonchev–Trinajstić information content (AvgIpc) is 3.86. The van der Waals surface area contributed by atoms with Crippen LogP contribution >= 0.6 is 7.92 Å². The molecule has 1 aliphatic rings. The van der Waals surface area contributed by atoms with E-state index in [4.69, 9.17) is 0 Å². The van der Waals surface area contributed by atoms with Gasteiger partial charge in [0.15, 0.2) is 0 Å². The fourth-order valence-corrected chi connectivity index (χ4v) is 12.5. The predicted molar refractivity (Wildman–Crippen MR) is 268 cm³/mol. The van der Waals surface area contributed by atoms with Gasteiger partial charge in [-0.15, -0.1) is 0 Å². The third kappa shape index (κ3) is 6.11. The fraction of sp³-hybridized carbons (Fsp3) is 0.0164. The molecule has 0 spiro atoms. The van der Waals surface area contributed by atoms with Gasteiger partial charge in [-0.3, -0.25) is 0 Å². The Balaban J connectivity index is 1.01. The van der Waals surface area contributed by atoms with Crippen LogP contribution in [0.2, 0.25) is 0 Å². The van der Waals surface area contributed by atoms with E-state index in [1.54, 1.807) is 0 Å². The molecule has 0 bridgehead atoms. The molecule has 1 unspecified atom stereocenters. The zero-order valence-corrected chi connectivity index (χ0v) is 35.5. The second kappa shape index (κ2) is 15.4. The molecule has 1 heterocycles. The van der Waals surface area contributed by atoms with E-state index in [9.17, 15) is 0 Å². The summed E-state index contributed by atoms with van der Waals surface area (Å²) < 4.78 is 2.38.